The number of methoxy groups -OCH3 is 1. The lowest BCUT2D eigenvalue weighted by Crippen LogP contribution is -2.26. The Kier molecular flexibility index (Phi) is 5.55. The molecule has 0 aliphatic rings. The molecule has 0 saturated carbocycles. The Morgan fingerprint density at radius 3 is 2.93 bits per heavy atom. The summed E-state index contributed by atoms with van der Waals surface area (Å²) < 4.78 is 12.6. The SMILES string of the molecule is COCCNC(=O)c1cc(-n2ncc3cc(Oc4ccccc4C)ncc32)cs1. The molecule has 0 aliphatic carbocycles. The molecule has 0 bridgehead atoms. The second-order valence-corrected chi connectivity index (χ2v) is 7.33. The van der Waals surface area contributed by atoms with Crippen LogP contribution in [0.4, 0.5) is 0 Å². The fraction of sp³-hybridized carbons (Fsp3) is 0.190. The van der Waals surface area contributed by atoms with Crippen molar-refractivity contribution in [2.45, 2.75) is 6.92 Å². The molecule has 29 heavy (non-hydrogen) atoms. The number of pyridine rings is 1. The second-order valence-electron chi connectivity index (χ2n) is 6.42. The average Bonchev–Trinajstić information content (AvgIpc) is 3.36. The number of aryl methyl sites for hydroxylation is 1. The molecule has 148 valence electrons. The van der Waals surface area contributed by atoms with Crippen LogP contribution >= 0.6 is 11.3 Å². The summed E-state index contributed by atoms with van der Waals surface area (Å²) in [5.74, 6) is 1.16. The maximum atomic E-state index is 12.2. The summed E-state index contributed by atoms with van der Waals surface area (Å²) in [5, 5.41) is 10.1. The van der Waals surface area contributed by atoms with Crippen LogP contribution in [-0.4, -0.2) is 40.9 Å². The number of carbonyl (C=O) groups is 1. The first-order valence-corrected chi connectivity index (χ1v) is 9.97. The highest BCUT2D eigenvalue weighted by molar-refractivity contribution is 7.12. The monoisotopic (exact) mass is 408 g/mol. The quantitative estimate of drug-likeness (QED) is 0.468. The van der Waals surface area contributed by atoms with Crippen molar-refractivity contribution in [3.63, 3.8) is 0 Å². The lowest BCUT2D eigenvalue weighted by Gasteiger charge is -2.07. The first kappa shape index (κ1) is 19.1. The molecule has 3 aromatic heterocycles. The predicted molar refractivity (Wildman–Crippen MR) is 112 cm³/mol. The van der Waals surface area contributed by atoms with Gasteiger partial charge in [-0.3, -0.25) is 4.79 Å². The molecule has 3 heterocycles. The number of benzene rings is 1. The van der Waals surface area contributed by atoms with E-state index in [0.29, 0.717) is 23.9 Å². The molecule has 0 spiro atoms. The van der Waals surface area contributed by atoms with Gasteiger partial charge in [-0.05, 0) is 24.6 Å². The number of rotatable bonds is 7. The van der Waals surface area contributed by atoms with Gasteiger partial charge in [-0.15, -0.1) is 11.3 Å². The van der Waals surface area contributed by atoms with Crippen LogP contribution in [0.3, 0.4) is 0 Å². The maximum absolute atomic E-state index is 12.2. The van der Waals surface area contributed by atoms with Crippen LogP contribution in [0.15, 0.2) is 54.2 Å². The minimum absolute atomic E-state index is 0.123. The van der Waals surface area contributed by atoms with Gasteiger partial charge in [0.1, 0.15) is 5.75 Å². The zero-order valence-corrected chi connectivity index (χ0v) is 16.9. The highest BCUT2D eigenvalue weighted by Crippen LogP contribution is 2.27. The highest BCUT2D eigenvalue weighted by atomic mass is 32.1. The molecular weight excluding hydrogens is 388 g/mol. The van der Waals surface area contributed by atoms with E-state index in [0.717, 1.165) is 27.9 Å². The van der Waals surface area contributed by atoms with E-state index in [1.54, 1.807) is 24.2 Å². The minimum Gasteiger partial charge on any atom is -0.439 e. The van der Waals surface area contributed by atoms with E-state index in [4.69, 9.17) is 9.47 Å². The molecule has 4 rings (SSSR count). The number of ether oxygens (including phenoxy) is 2. The molecule has 0 radical (unpaired) electrons. The molecule has 4 aromatic rings. The number of hydrogen-bond acceptors (Lipinski definition) is 6. The Hall–Kier alpha value is -3.23. The molecule has 0 unspecified atom stereocenters. The lowest BCUT2D eigenvalue weighted by atomic mass is 10.2. The standard InChI is InChI=1S/C21H20N4O3S/c1-14-5-3-4-6-18(14)28-20-9-15-11-24-25(17(15)12-23-20)16-10-19(29-13-16)21(26)22-7-8-27-2/h3-6,9-13H,7-8H2,1-2H3,(H,22,26). The summed E-state index contributed by atoms with van der Waals surface area (Å²) in [6.45, 7) is 2.94. The van der Waals surface area contributed by atoms with Crippen molar-refractivity contribution in [2.24, 2.45) is 0 Å². The Bertz CT molecular complexity index is 1150. The van der Waals surface area contributed by atoms with E-state index in [1.165, 1.54) is 11.3 Å². The summed E-state index contributed by atoms with van der Waals surface area (Å²) in [5.41, 5.74) is 2.70. The third-order valence-corrected chi connectivity index (χ3v) is 5.30. The van der Waals surface area contributed by atoms with Crippen LogP contribution in [0.1, 0.15) is 15.2 Å². The molecule has 1 N–H and O–H groups in total. The van der Waals surface area contributed by atoms with Crippen LogP contribution in [-0.2, 0) is 4.74 Å². The second kappa shape index (κ2) is 8.42. The van der Waals surface area contributed by atoms with Crippen LogP contribution in [0.25, 0.3) is 16.6 Å². The number of carbonyl (C=O) groups excluding carboxylic acids is 1. The zero-order chi connectivity index (χ0) is 20.2. The van der Waals surface area contributed by atoms with Gasteiger partial charge in [0.15, 0.2) is 0 Å². The Morgan fingerprint density at radius 2 is 2.10 bits per heavy atom. The van der Waals surface area contributed by atoms with Crippen molar-refractivity contribution in [1.29, 1.82) is 0 Å². The number of para-hydroxylation sites is 1. The average molecular weight is 408 g/mol. The van der Waals surface area contributed by atoms with Gasteiger partial charge >= 0.3 is 0 Å². The number of hydrogen-bond donors (Lipinski definition) is 1. The summed E-state index contributed by atoms with van der Waals surface area (Å²) in [7, 11) is 1.60. The van der Waals surface area contributed by atoms with E-state index in [-0.39, 0.29) is 5.91 Å². The molecule has 8 heteroatoms. The van der Waals surface area contributed by atoms with Crippen molar-refractivity contribution >= 4 is 28.1 Å². The van der Waals surface area contributed by atoms with Crippen molar-refractivity contribution in [1.82, 2.24) is 20.1 Å². The van der Waals surface area contributed by atoms with E-state index in [9.17, 15) is 4.79 Å². The molecule has 1 amide bonds. The number of fused-ring (bicyclic) bond motifs is 1. The molecule has 7 nitrogen and oxygen atoms in total. The van der Waals surface area contributed by atoms with Gasteiger partial charge in [0.05, 0.1) is 35.1 Å². The molecule has 0 fully saturated rings. The first-order chi connectivity index (χ1) is 14.2. The summed E-state index contributed by atoms with van der Waals surface area (Å²) in [6.07, 6.45) is 3.49. The van der Waals surface area contributed by atoms with E-state index < -0.39 is 0 Å². The van der Waals surface area contributed by atoms with Crippen molar-refractivity contribution < 1.29 is 14.3 Å². The third-order valence-electron chi connectivity index (χ3n) is 4.38. The van der Waals surface area contributed by atoms with Crippen molar-refractivity contribution in [3.8, 4) is 17.3 Å². The summed E-state index contributed by atoms with van der Waals surface area (Å²) >= 11 is 1.37. The van der Waals surface area contributed by atoms with Gasteiger partial charge < -0.3 is 14.8 Å². The van der Waals surface area contributed by atoms with Crippen LogP contribution in [0.2, 0.25) is 0 Å². The number of amides is 1. The van der Waals surface area contributed by atoms with Gasteiger partial charge in [0, 0.05) is 30.5 Å². The molecule has 0 aliphatic heterocycles. The Morgan fingerprint density at radius 1 is 1.24 bits per heavy atom. The fourth-order valence-electron chi connectivity index (χ4n) is 2.86. The van der Waals surface area contributed by atoms with Gasteiger partial charge in [-0.2, -0.15) is 5.10 Å². The number of aromatic nitrogens is 3. The molecule has 0 saturated heterocycles. The lowest BCUT2D eigenvalue weighted by molar-refractivity contribution is 0.0941. The largest absolute Gasteiger partial charge is 0.439 e. The number of thiophene rings is 1. The predicted octanol–water partition coefficient (Wildman–Crippen LogP) is 3.96. The molecule has 0 atom stereocenters. The number of nitrogens with zero attached hydrogens (tertiary/aromatic N) is 3. The van der Waals surface area contributed by atoms with Crippen LogP contribution in [0, 0.1) is 6.92 Å². The minimum atomic E-state index is -0.123. The van der Waals surface area contributed by atoms with E-state index >= 15 is 0 Å². The maximum Gasteiger partial charge on any atom is 0.261 e. The van der Waals surface area contributed by atoms with Crippen molar-refractivity contribution in [3.05, 3.63) is 64.6 Å². The van der Waals surface area contributed by atoms with Gasteiger partial charge in [-0.1, -0.05) is 18.2 Å². The fourth-order valence-corrected chi connectivity index (χ4v) is 3.64. The number of nitrogens with one attached hydrogen (secondary N) is 1. The van der Waals surface area contributed by atoms with Crippen LogP contribution < -0.4 is 10.1 Å². The van der Waals surface area contributed by atoms with Gasteiger partial charge in [-0.25, -0.2) is 9.67 Å². The molecule has 1 aromatic carbocycles. The van der Waals surface area contributed by atoms with Gasteiger partial charge in [0.25, 0.3) is 5.91 Å². The molecular formula is C21H20N4O3S. The van der Waals surface area contributed by atoms with Crippen molar-refractivity contribution in [2.75, 3.05) is 20.3 Å². The Balaban J connectivity index is 1.55. The Labute approximate surface area is 171 Å². The first-order valence-electron chi connectivity index (χ1n) is 9.09. The normalized spacial score (nSPS) is 11.0. The summed E-state index contributed by atoms with van der Waals surface area (Å²) in [4.78, 5) is 17.2. The third kappa shape index (κ3) is 4.13. The topological polar surface area (TPSA) is 78.3 Å². The smallest absolute Gasteiger partial charge is 0.261 e. The van der Waals surface area contributed by atoms with E-state index in [1.807, 2.05) is 48.7 Å². The van der Waals surface area contributed by atoms with Gasteiger partial charge in [0.2, 0.25) is 5.88 Å². The van der Waals surface area contributed by atoms with Crippen LogP contribution in [0.5, 0.6) is 11.6 Å². The highest BCUT2D eigenvalue weighted by Gasteiger charge is 2.13. The summed E-state index contributed by atoms with van der Waals surface area (Å²) in [6, 6.07) is 11.5. The van der Waals surface area contributed by atoms with E-state index in [2.05, 4.69) is 15.4 Å². The zero-order valence-electron chi connectivity index (χ0n) is 16.1.